The van der Waals surface area contributed by atoms with Gasteiger partial charge in [-0.2, -0.15) is 0 Å². The third-order valence-electron chi connectivity index (χ3n) is 3.26. The van der Waals surface area contributed by atoms with Gasteiger partial charge in [0.05, 0.1) is 5.54 Å². The Morgan fingerprint density at radius 1 is 1.41 bits per heavy atom. The van der Waals surface area contributed by atoms with Gasteiger partial charge < -0.3 is 10.1 Å². The first-order valence-electron chi connectivity index (χ1n) is 5.72. The van der Waals surface area contributed by atoms with E-state index in [2.05, 4.69) is 5.32 Å². The maximum absolute atomic E-state index is 12.9. The molecule has 3 nitrogen and oxygen atoms in total. The molecular weight excluding hydrogens is 221 g/mol. The monoisotopic (exact) mass is 237 g/mol. The van der Waals surface area contributed by atoms with E-state index in [0.717, 1.165) is 24.8 Å². The average molecular weight is 237 g/mol. The molecule has 0 unspecified atom stereocenters. The summed E-state index contributed by atoms with van der Waals surface area (Å²) in [6.07, 6.45) is 2.87. The van der Waals surface area contributed by atoms with Gasteiger partial charge in [-0.05, 0) is 37.0 Å². The molecule has 1 aliphatic carbocycles. The van der Waals surface area contributed by atoms with Crippen molar-refractivity contribution in [2.75, 3.05) is 13.7 Å². The number of methoxy groups -OCH3 is 1. The van der Waals surface area contributed by atoms with Gasteiger partial charge in [0, 0.05) is 7.11 Å². The third kappa shape index (κ3) is 2.47. The van der Waals surface area contributed by atoms with Crippen LogP contribution in [0.5, 0.6) is 0 Å². The van der Waals surface area contributed by atoms with Crippen LogP contribution in [0.2, 0.25) is 0 Å². The molecule has 0 aliphatic heterocycles. The van der Waals surface area contributed by atoms with Gasteiger partial charge in [0.25, 0.3) is 0 Å². The molecule has 17 heavy (non-hydrogen) atoms. The molecule has 1 fully saturated rings. The Bertz CT molecular complexity index is 398. The highest BCUT2D eigenvalue weighted by Gasteiger charge is 2.39. The summed E-state index contributed by atoms with van der Waals surface area (Å²) in [5, 5.41) is 2.98. The zero-order valence-electron chi connectivity index (χ0n) is 9.83. The number of carbonyl (C=O) groups is 1. The van der Waals surface area contributed by atoms with Crippen LogP contribution in [0.1, 0.15) is 24.8 Å². The molecule has 4 heteroatoms. The number of hydrogen-bond donors (Lipinski definition) is 1. The summed E-state index contributed by atoms with van der Waals surface area (Å²) in [4.78, 5) is 11.6. The van der Waals surface area contributed by atoms with Crippen molar-refractivity contribution in [1.29, 1.82) is 0 Å². The standard InChI is InChI=1S/C13H16FNO2/c1-17-9-12(16)15-13(7-2-8-13)10-3-5-11(14)6-4-10/h3-6H,2,7-9H2,1H3,(H,15,16). The normalized spacial score (nSPS) is 17.3. The highest BCUT2D eigenvalue weighted by Crippen LogP contribution is 2.41. The Kier molecular flexibility index (Phi) is 3.43. The van der Waals surface area contributed by atoms with Crippen molar-refractivity contribution in [1.82, 2.24) is 5.32 Å². The number of carbonyl (C=O) groups excluding carboxylic acids is 1. The lowest BCUT2D eigenvalue weighted by Gasteiger charge is -2.43. The molecule has 1 saturated carbocycles. The lowest BCUT2D eigenvalue weighted by Crippen LogP contribution is -2.51. The molecule has 0 bridgehead atoms. The highest BCUT2D eigenvalue weighted by atomic mass is 19.1. The second kappa shape index (κ2) is 4.84. The molecule has 0 radical (unpaired) electrons. The van der Waals surface area contributed by atoms with Crippen molar-refractivity contribution in [3.63, 3.8) is 0 Å². The fourth-order valence-corrected chi connectivity index (χ4v) is 2.22. The van der Waals surface area contributed by atoms with E-state index in [-0.39, 0.29) is 23.9 Å². The number of amides is 1. The van der Waals surface area contributed by atoms with Crippen LogP contribution in [-0.4, -0.2) is 19.6 Å². The van der Waals surface area contributed by atoms with Crippen LogP contribution in [0.15, 0.2) is 24.3 Å². The van der Waals surface area contributed by atoms with Gasteiger partial charge in [-0.15, -0.1) is 0 Å². The Labute approximate surface area is 100.0 Å². The summed E-state index contributed by atoms with van der Waals surface area (Å²) < 4.78 is 17.7. The molecular formula is C13H16FNO2. The summed E-state index contributed by atoms with van der Waals surface area (Å²) in [6, 6.07) is 6.33. The van der Waals surface area contributed by atoms with E-state index >= 15 is 0 Å². The Morgan fingerprint density at radius 3 is 2.53 bits per heavy atom. The van der Waals surface area contributed by atoms with Crippen LogP contribution in [0.3, 0.4) is 0 Å². The minimum Gasteiger partial charge on any atom is -0.375 e. The second-order valence-corrected chi connectivity index (χ2v) is 4.42. The predicted octanol–water partition coefficient (Wildman–Crippen LogP) is 1.97. The van der Waals surface area contributed by atoms with Crippen LogP contribution in [0.25, 0.3) is 0 Å². The topological polar surface area (TPSA) is 38.3 Å². The quantitative estimate of drug-likeness (QED) is 0.869. The fourth-order valence-electron chi connectivity index (χ4n) is 2.22. The smallest absolute Gasteiger partial charge is 0.246 e. The molecule has 1 N–H and O–H groups in total. The van der Waals surface area contributed by atoms with Gasteiger partial charge in [-0.25, -0.2) is 4.39 Å². The van der Waals surface area contributed by atoms with Crippen molar-refractivity contribution in [3.8, 4) is 0 Å². The predicted molar refractivity (Wildman–Crippen MR) is 61.9 cm³/mol. The fraction of sp³-hybridized carbons (Fsp3) is 0.462. The van der Waals surface area contributed by atoms with Gasteiger partial charge in [0.15, 0.2) is 0 Å². The van der Waals surface area contributed by atoms with Crippen molar-refractivity contribution in [2.45, 2.75) is 24.8 Å². The van der Waals surface area contributed by atoms with Crippen LogP contribution in [0.4, 0.5) is 4.39 Å². The summed E-state index contributed by atoms with van der Waals surface area (Å²) in [5.41, 5.74) is 0.651. The first-order chi connectivity index (χ1) is 8.16. The van der Waals surface area contributed by atoms with Gasteiger partial charge in [0.1, 0.15) is 12.4 Å². The van der Waals surface area contributed by atoms with E-state index in [1.807, 2.05) is 0 Å². The first kappa shape index (κ1) is 12.0. The van der Waals surface area contributed by atoms with Gasteiger partial charge in [-0.1, -0.05) is 12.1 Å². The van der Waals surface area contributed by atoms with Crippen molar-refractivity contribution in [3.05, 3.63) is 35.6 Å². The maximum atomic E-state index is 12.9. The van der Waals surface area contributed by atoms with Crippen LogP contribution < -0.4 is 5.32 Å². The molecule has 1 aromatic carbocycles. The molecule has 0 heterocycles. The Morgan fingerprint density at radius 2 is 2.06 bits per heavy atom. The van der Waals surface area contributed by atoms with E-state index in [9.17, 15) is 9.18 Å². The molecule has 2 rings (SSSR count). The molecule has 0 spiro atoms. The maximum Gasteiger partial charge on any atom is 0.246 e. The lowest BCUT2D eigenvalue weighted by molar-refractivity contribution is -0.128. The SMILES string of the molecule is COCC(=O)NC1(c2ccc(F)cc2)CCC1. The van der Waals surface area contributed by atoms with Crippen molar-refractivity contribution in [2.24, 2.45) is 0 Å². The number of benzene rings is 1. The third-order valence-corrected chi connectivity index (χ3v) is 3.26. The summed E-state index contributed by atoms with van der Waals surface area (Å²) in [6.45, 7) is 0.0585. The number of nitrogens with one attached hydrogen (secondary N) is 1. The largest absolute Gasteiger partial charge is 0.375 e. The summed E-state index contributed by atoms with van der Waals surface area (Å²) >= 11 is 0. The lowest BCUT2D eigenvalue weighted by atomic mass is 9.72. The van der Waals surface area contributed by atoms with E-state index in [4.69, 9.17) is 4.74 Å². The zero-order chi connectivity index (χ0) is 12.3. The molecule has 0 aromatic heterocycles. The Balaban J connectivity index is 2.14. The number of halogens is 1. The molecule has 92 valence electrons. The van der Waals surface area contributed by atoms with Crippen LogP contribution >= 0.6 is 0 Å². The molecule has 1 aromatic rings. The molecule has 0 atom stereocenters. The minimum absolute atomic E-state index is 0.0585. The van der Waals surface area contributed by atoms with Crippen LogP contribution in [-0.2, 0) is 15.1 Å². The first-order valence-corrected chi connectivity index (χ1v) is 5.72. The number of ether oxygens (including phenoxy) is 1. The summed E-state index contributed by atoms with van der Waals surface area (Å²) in [7, 11) is 1.49. The minimum atomic E-state index is -0.316. The second-order valence-electron chi connectivity index (χ2n) is 4.42. The van der Waals surface area contributed by atoms with Crippen molar-refractivity contribution >= 4 is 5.91 Å². The molecule has 0 saturated heterocycles. The molecule has 1 aliphatic rings. The average Bonchev–Trinajstić information content (AvgIpc) is 2.25. The van der Waals surface area contributed by atoms with Gasteiger partial charge >= 0.3 is 0 Å². The van der Waals surface area contributed by atoms with Gasteiger partial charge in [0.2, 0.25) is 5.91 Å². The zero-order valence-corrected chi connectivity index (χ0v) is 9.83. The Hall–Kier alpha value is -1.42. The van der Waals surface area contributed by atoms with Crippen molar-refractivity contribution < 1.29 is 13.9 Å². The van der Waals surface area contributed by atoms with Crippen LogP contribution in [0, 0.1) is 5.82 Å². The highest BCUT2D eigenvalue weighted by molar-refractivity contribution is 5.78. The van der Waals surface area contributed by atoms with E-state index in [0.29, 0.717) is 0 Å². The van der Waals surface area contributed by atoms with E-state index < -0.39 is 0 Å². The molecule has 1 amide bonds. The summed E-state index contributed by atoms with van der Waals surface area (Å²) in [5.74, 6) is -0.386. The number of rotatable bonds is 4. The number of hydrogen-bond acceptors (Lipinski definition) is 2. The van der Waals surface area contributed by atoms with E-state index in [1.165, 1.54) is 19.2 Å². The van der Waals surface area contributed by atoms with Gasteiger partial charge in [-0.3, -0.25) is 4.79 Å². The van der Waals surface area contributed by atoms with E-state index in [1.54, 1.807) is 12.1 Å².